The number of carbonyl (C=O) groups excluding carboxylic acids is 1. The zero-order valence-electron chi connectivity index (χ0n) is 16.9. The molecule has 0 fully saturated rings. The number of rotatable bonds is 4. The van der Waals surface area contributed by atoms with Gasteiger partial charge in [-0.25, -0.2) is 9.50 Å². The van der Waals surface area contributed by atoms with Gasteiger partial charge in [0.1, 0.15) is 5.69 Å². The highest BCUT2D eigenvalue weighted by Gasteiger charge is 2.36. The van der Waals surface area contributed by atoms with Gasteiger partial charge in [0.2, 0.25) is 0 Å². The number of fused-ring (bicyclic) bond motifs is 1. The SMILES string of the molecule is CCn1ncc(CNC(=O)c2cc3nc(C(C)(C)C)cc(C(F)(F)F)n3n2)c1C. The first-order valence-electron chi connectivity index (χ1n) is 9.19. The molecule has 7 nitrogen and oxygen atoms in total. The molecule has 156 valence electrons. The Labute approximate surface area is 165 Å². The van der Waals surface area contributed by atoms with Crippen molar-refractivity contribution in [1.29, 1.82) is 0 Å². The molecule has 29 heavy (non-hydrogen) atoms. The molecule has 0 aliphatic rings. The minimum atomic E-state index is -4.63. The van der Waals surface area contributed by atoms with Crippen molar-refractivity contribution in [2.45, 2.75) is 59.3 Å². The van der Waals surface area contributed by atoms with Gasteiger partial charge in [0, 0.05) is 35.8 Å². The third-order valence-corrected chi connectivity index (χ3v) is 4.66. The van der Waals surface area contributed by atoms with Crippen molar-refractivity contribution in [3.8, 4) is 0 Å². The zero-order valence-corrected chi connectivity index (χ0v) is 16.9. The summed E-state index contributed by atoms with van der Waals surface area (Å²) >= 11 is 0. The van der Waals surface area contributed by atoms with Crippen LogP contribution in [0.1, 0.15) is 60.8 Å². The molecule has 0 aromatic carbocycles. The monoisotopic (exact) mass is 408 g/mol. The van der Waals surface area contributed by atoms with Crippen LogP contribution in [-0.4, -0.2) is 30.3 Å². The molecule has 3 rings (SSSR count). The van der Waals surface area contributed by atoms with Gasteiger partial charge in [-0.2, -0.15) is 23.4 Å². The molecule has 0 bridgehead atoms. The third-order valence-electron chi connectivity index (χ3n) is 4.66. The molecule has 3 heterocycles. The van der Waals surface area contributed by atoms with E-state index in [0.717, 1.165) is 17.3 Å². The molecule has 0 radical (unpaired) electrons. The maximum absolute atomic E-state index is 13.5. The fourth-order valence-corrected chi connectivity index (χ4v) is 2.92. The predicted octanol–water partition coefficient (Wildman–Crippen LogP) is 3.50. The molecule has 0 saturated carbocycles. The highest BCUT2D eigenvalue weighted by atomic mass is 19.4. The van der Waals surface area contributed by atoms with Crippen molar-refractivity contribution in [1.82, 2.24) is 29.7 Å². The highest BCUT2D eigenvalue weighted by Crippen LogP contribution is 2.32. The summed E-state index contributed by atoms with van der Waals surface area (Å²) < 4.78 is 43.1. The molecule has 3 aromatic rings. The maximum Gasteiger partial charge on any atom is 0.433 e. The summed E-state index contributed by atoms with van der Waals surface area (Å²) in [6.07, 6.45) is -2.98. The van der Waals surface area contributed by atoms with E-state index in [1.165, 1.54) is 6.07 Å². The topological polar surface area (TPSA) is 77.1 Å². The van der Waals surface area contributed by atoms with Gasteiger partial charge in [-0.05, 0) is 19.9 Å². The number of nitrogens with one attached hydrogen (secondary N) is 1. The number of aromatic nitrogens is 5. The molecule has 0 aliphatic carbocycles. The van der Waals surface area contributed by atoms with Crippen LogP contribution in [0.2, 0.25) is 0 Å². The Morgan fingerprint density at radius 1 is 1.21 bits per heavy atom. The lowest BCUT2D eigenvalue weighted by Gasteiger charge is -2.19. The minimum absolute atomic E-state index is 0.0233. The Balaban J connectivity index is 1.93. The highest BCUT2D eigenvalue weighted by molar-refractivity contribution is 5.93. The first-order valence-corrected chi connectivity index (χ1v) is 9.19. The standard InChI is InChI=1S/C19H23F3N6O/c1-6-27-11(2)12(10-24-27)9-23-17(29)13-7-16-25-14(18(3,4)5)8-15(19(20,21)22)28(16)26-13/h7-8,10H,6,9H2,1-5H3,(H,23,29). The average molecular weight is 408 g/mol. The molecule has 0 unspecified atom stereocenters. The van der Waals surface area contributed by atoms with Crippen molar-refractivity contribution >= 4 is 11.6 Å². The Hall–Kier alpha value is -2.91. The van der Waals surface area contributed by atoms with Crippen LogP contribution >= 0.6 is 0 Å². The molecular formula is C19H23F3N6O. The van der Waals surface area contributed by atoms with Gasteiger partial charge in [0.15, 0.2) is 11.3 Å². The minimum Gasteiger partial charge on any atom is -0.346 e. The quantitative estimate of drug-likeness (QED) is 0.717. The van der Waals surface area contributed by atoms with E-state index >= 15 is 0 Å². The third kappa shape index (κ3) is 4.10. The van der Waals surface area contributed by atoms with E-state index in [9.17, 15) is 18.0 Å². The summed E-state index contributed by atoms with van der Waals surface area (Å²) in [7, 11) is 0. The Morgan fingerprint density at radius 3 is 2.45 bits per heavy atom. The normalized spacial score (nSPS) is 12.6. The number of hydrogen-bond acceptors (Lipinski definition) is 4. The van der Waals surface area contributed by atoms with Crippen LogP contribution in [0, 0.1) is 6.92 Å². The molecule has 0 spiro atoms. The van der Waals surface area contributed by atoms with Gasteiger partial charge < -0.3 is 5.32 Å². The lowest BCUT2D eigenvalue weighted by Crippen LogP contribution is -2.24. The van der Waals surface area contributed by atoms with Gasteiger partial charge in [0.05, 0.1) is 11.9 Å². The number of aryl methyl sites for hydroxylation is 1. The zero-order chi connectivity index (χ0) is 21.6. The van der Waals surface area contributed by atoms with Crippen LogP contribution in [-0.2, 0) is 24.7 Å². The van der Waals surface area contributed by atoms with Crippen molar-refractivity contribution < 1.29 is 18.0 Å². The summed E-state index contributed by atoms with van der Waals surface area (Å²) in [5.74, 6) is -0.579. The summed E-state index contributed by atoms with van der Waals surface area (Å²) in [4.78, 5) is 16.8. The molecular weight excluding hydrogens is 385 g/mol. The van der Waals surface area contributed by atoms with Crippen molar-refractivity contribution in [3.63, 3.8) is 0 Å². The second-order valence-corrected chi connectivity index (χ2v) is 7.83. The van der Waals surface area contributed by atoms with Crippen molar-refractivity contribution in [3.05, 3.63) is 46.7 Å². The number of halogens is 3. The summed E-state index contributed by atoms with van der Waals surface area (Å²) in [6, 6.07) is 2.24. The molecule has 10 heteroatoms. The van der Waals surface area contributed by atoms with E-state index in [1.54, 1.807) is 31.6 Å². The van der Waals surface area contributed by atoms with E-state index in [-0.39, 0.29) is 23.6 Å². The lowest BCUT2D eigenvalue weighted by atomic mass is 9.91. The van der Waals surface area contributed by atoms with Crippen molar-refractivity contribution in [2.24, 2.45) is 0 Å². The van der Waals surface area contributed by atoms with Gasteiger partial charge >= 0.3 is 6.18 Å². The number of carbonyl (C=O) groups is 1. The van der Waals surface area contributed by atoms with Gasteiger partial charge in [-0.15, -0.1) is 0 Å². The van der Waals surface area contributed by atoms with E-state index < -0.39 is 23.2 Å². The maximum atomic E-state index is 13.5. The number of nitrogens with zero attached hydrogens (tertiary/aromatic N) is 5. The Bertz CT molecular complexity index is 1060. The summed E-state index contributed by atoms with van der Waals surface area (Å²) in [5.41, 5.74) is 0.301. The molecule has 3 aromatic heterocycles. The van der Waals surface area contributed by atoms with Gasteiger partial charge in [-0.1, -0.05) is 20.8 Å². The van der Waals surface area contributed by atoms with Crippen LogP contribution in [0.5, 0.6) is 0 Å². The molecule has 0 atom stereocenters. The molecule has 1 amide bonds. The van der Waals surface area contributed by atoms with Gasteiger partial charge in [0.25, 0.3) is 5.91 Å². The predicted molar refractivity (Wildman–Crippen MR) is 100 cm³/mol. The van der Waals surface area contributed by atoms with E-state index in [4.69, 9.17) is 0 Å². The lowest BCUT2D eigenvalue weighted by molar-refractivity contribution is -0.142. The second-order valence-electron chi connectivity index (χ2n) is 7.83. The number of amides is 1. The largest absolute Gasteiger partial charge is 0.433 e. The van der Waals surface area contributed by atoms with Crippen LogP contribution in [0.4, 0.5) is 13.2 Å². The smallest absolute Gasteiger partial charge is 0.346 e. The summed E-state index contributed by atoms with van der Waals surface area (Å²) in [5, 5.41) is 10.7. The van der Waals surface area contributed by atoms with Crippen LogP contribution in [0.25, 0.3) is 5.65 Å². The molecule has 0 saturated heterocycles. The van der Waals surface area contributed by atoms with E-state index in [2.05, 4.69) is 20.5 Å². The van der Waals surface area contributed by atoms with E-state index in [1.807, 2.05) is 13.8 Å². The Morgan fingerprint density at radius 2 is 1.90 bits per heavy atom. The summed E-state index contributed by atoms with van der Waals surface area (Å²) in [6.45, 7) is 10.1. The first-order chi connectivity index (χ1) is 13.4. The fraction of sp³-hybridized carbons (Fsp3) is 0.474. The van der Waals surface area contributed by atoms with Crippen LogP contribution in [0.3, 0.4) is 0 Å². The average Bonchev–Trinajstić information content (AvgIpc) is 3.20. The molecule has 0 aliphatic heterocycles. The number of alkyl halides is 3. The first kappa shape index (κ1) is 20.8. The van der Waals surface area contributed by atoms with Crippen molar-refractivity contribution in [2.75, 3.05) is 0 Å². The van der Waals surface area contributed by atoms with E-state index in [0.29, 0.717) is 11.1 Å². The Kier molecular flexibility index (Phi) is 5.14. The van der Waals surface area contributed by atoms with Crippen LogP contribution < -0.4 is 5.32 Å². The second kappa shape index (κ2) is 7.16. The molecule has 1 N–H and O–H groups in total. The number of hydrogen-bond donors (Lipinski definition) is 1. The fourth-order valence-electron chi connectivity index (χ4n) is 2.92. The van der Waals surface area contributed by atoms with Gasteiger partial charge in [-0.3, -0.25) is 9.48 Å². The van der Waals surface area contributed by atoms with Crippen LogP contribution in [0.15, 0.2) is 18.3 Å².